The highest BCUT2D eigenvalue weighted by atomic mass is 35.5. The summed E-state index contributed by atoms with van der Waals surface area (Å²) in [7, 11) is 0. The van der Waals surface area contributed by atoms with E-state index in [2.05, 4.69) is 0 Å². The Morgan fingerprint density at radius 2 is 1.81 bits per heavy atom. The molecule has 36 heavy (non-hydrogen) atoms. The van der Waals surface area contributed by atoms with Crippen molar-refractivity contribution in [1.82, 2.24) is 0 Å². The Hall–Kier alpha value is -3.48. The zero-order chi connectivity index (χ0) is 26.1. The predicted molar refractivity (Wildman–Crippen MR) is 141 cm³/mol. The number of ketones is 1. The van der Waals surface area contributed by atoms with Gasteiger partial charge in [-0.25, -0.2) is 0 Å². The van der Waals surface area contributed by atoms with Gasteiger partial charge in [-0.2, -0.15) is 0 Å². The summed E-state index contributed by atoms with van der Waals surface area (Å²) in [6, 6.07) is 15.1. The summed E-state index contributed by atoms with van der Waals surface area (Å²) in [6.07, 6.45) is 0. The third-order valence-corrected chi connectivity index (χ3v) is 6.56. The summed E-state index contributed by atoms with van der Waals surface area (Å²) in [5.74, 6) is -1.36. The third kappa shape index (κ3) is 4.66. The van der Waals surface area contributed by atoms with Crippen LogP contribution in [0.15, 0.2) is 66.2 Å². The van der Waals surface area contributed by atoms with Crippen LogP contribution in [-0.2, 0) is 9.59 Å². The van der Waals surface area contributed by atoms with Gasteiger partial charge in [-0.15, -0.1) is 0 Å². The van der Waals surface area contributed by atoms with Gasteiger partial charge in [0.15, 0.2) is 0 Å². The van der Waals surface area contributed by atoms with Crippen molar-refractivity contribution >= 4 is 46.3 Å². The molecule has 1 fully saturated rings. The van der Waals surface area contributed by atoms with Gasteiger partial charge in [0.2, 0.25) is 0 Å². The molecule has 1 amide bonds. The van der Waals surface area contributed by atoms with Gasteiger partial charge in [-0.1, -0.05) is 49.2 Å². The van der Waals surface area contributed by atoms with Crippen molar-refractivity contribution in [3.05, 3.63) is 93.0 Å². The number of amides is 1. The van der Waals surface area contributed by atoms with Crippen LogP contribution < -0.4 is 9.64 Å². The molecule has 0 bridgehead atoms. The number of Topliss-reactive ketones (excluding diaryl/α,β-unsaturated/α-hetero) is 1. The minimum Gasteiger partial charge on any atom is -0.507 e. The average Bonchev–Trinajstić information content (AvgIpc) is 3.11. The number of hydrogen-bond acceptors (Lipinski definition) is 5. The molecule has 1 unspecified atom stereocenters. The van der Waals surface area contributed by atoms with Crippen molar-refractivity contribution in [1.29, 1.82) is 0 Å². The molecule has 0 radical (unpaired) electrons. The Balaban J connectivity index is 1.96. The van der Waals surface area contributed by atoms with Gasteiger partial charge < -0.3 is 14.9 Å². The number of halogens is 2. The maximum atomic E-state index is 13.4. The Bertz CT molecular complexity index is 1380. The zero-order valence-corrected chi connectivity index (χ0v) is 21.5. The van der Waals surface area contributed by atoms with Crippen molar-refractivity contribution in [2.75, 3.05) is 11.5 Å². The lowest BCUT2D eigenvalue weighted by Gasteiger charge is -2.26. The molecule has 1 aliphatic heterocycles. The summed E-state index contributed by atoms with van der Waals surface area (Å²) < 4.78 is 5.72. The van der Waals surface area contributed by atoms with E-state index in [-0.39, 0.29) is 28.0 Å². The lowest BCUT2D eigenvalue weighted by Crippen LogP contribution is -2.29. The van der Waals surface area contributed by atoms with Crippen molar-refractivity contribution < 1.29 is 24.5 Å². The Labute approximate surface area is 219 Å². The Morgan fingerprint density at radius 1 is 1.06 bits per heavy atom. The number of hydrogen-bond donors (Lipinski definition) is 2. The summed E-state index contributed by atoms with van der Waals surface area (Å²) in [6.45, 7) is 6.37. The second-order valence-electron chi connectivity index (χ2n) is 8.70. The first-order valence-corrected chi connectivity index (χ1v) is 12.2. The van der Waals surface area contributed by atoms with E-state index >= 15 is 0 Å². The number of aliphatic hydroxyl groups excluding tert-OH is 1. The van der Waals surface area contributed by atoms with Gasteiger partial charge in [0.05, 0.1) is 23.2 Å². The highest BCUT2D eigenvalue weighted by Gasteiger charge is 2.47. The number of carbonyl (C=O) groups excluding carboxylic acids is 2. The summed E-state index contributed by atoms with van der Waals surface area (Å²) >= 11 is 12.4. The molecule has 4 rings (SSSR count). The maximum Gasteiger partial charge on any atom is 0.300 e. The number of anilines is 1. The van der Waals surface area contributed by atoms with Crippen molar-refractivity contribution in [3.63, 3.8) is 0 Å². The topological polar surface area (TPSA) is 87.1 Å². The zero-order valence-electron chi connectivity index (χ0n) is 20.0. The number of aromatic hydroxyl groups is 1. The van der Waals surface area contributed by atoms with Gasteiger partial charge in [-0.3, -0.25) is 14.5 Å². The van der Waals surface area contributed by atoms with E-state index in [0.29, 0.717) is 34.2 Å². The Morgan fingerprint density at radius 3 is 2.44 bits per heavy atom. The normalized spacial score (nSPS) is 17.2. The van der Waals surface area contributed by atoms with Crippen LogP contribution in [0.4, 0.5) is 5.69 Å². The second-order valence-corrected chi connectivity index (χ2v) is 9.54. The molecule has 0 spiro atoms. The van der Waals surface area contributed by atoms with Crippen LogP contribution in [0, 0.1) is 0 Å². The van der Waals surface area contributed by atoms with Crippen LogP contribution in [0.1, 0.15) is 49.4 Å². The van der Waals surface area contributed by atoms with Crippen LogP contribution >= 0.6 is 23.2 Å². The van der Waals surface area contributed by atoms with E-state index in [4.69, 9.17) is 27.9 Å². The molecule has 2 N–H and O–H groups in total. The molecule has 0 saturated carbocycles. The molecule has 6 nitrogen and oxygen atoms in total. The number of phenolic OH excluding ortho intramolecular Hbond substituents is 1. The van der Waals surface area contributed by atoms with E-state index in [1.54, 1.807) is 48.5 Å². The minimum atomic E-state index is -1.00. The molecule has 8 heteroatoms. The number of aliphatic hydroxyl groups is 1. The highest BCUT2D eigenvalue weighted by Crippen LogP contribution is 2.44. The lowest BCUT2D eigenvalue weighted by molar-refractivity contribution is -0.132. The van der Waals surface area contributed by atoms with Crippen molar-refractivity contribution in [2.45, 2.75) is 32.7 Å². The van der Waals surface area contributed by atoms with E-state index in [9.17, 15) is 19.8 Å². The molecule has 3 aromatic carbocycles. The van der Waals surface area contributed by atoms with Gasteiger partial charge >= 0.3 is 0 Å². The molecule has 0 aromatic heterocycles. The van der Waals surface area contributed by atoms with E-state index in [0.717, 1.165) is 5.56 Å². The number of nitrogens with zero attached hydrogens (tertiary/aromatic N) is 1. The van der Waals surface area contributed by atoms with Crippen LogP contribution in [0.5, 0.6) is 11.5 Å². The number of rotatable bonds is 6. The number of carbonyl (C=O) groups is 2. The fourth-order valence-corrected chi connectivity index (χ4v) is 4.70. The molecule has 0 aliphatic carbocycles. The summed E-state index contributed by atoms with van der Waals surface area (Å²) in [5, 5.41) is 21.8. The molecule has 1 aliphatic rings. The van der Waals surface area contributed by atoms with Crippen LogP contribution in [0.25, 0.3) is 5.76 Å². The van der Waals surface area contributed by atoms with E-state index < -0.39 is 17.7 Å². The van der Waals surface area contributed by atoms with Crippen LogP contribution in [0.3, 0.4) is 0 Å². The molecule has 1 atom stereocenters. The molecule has 1 heterocycles. The largest absolute Gasteiger partial charge is 0.507 e. The smallest absolute Gasteiger partial charge is 0.300 e. The van der Waals surface area contributed by atoms with Crippen LogP contribution in [-0.4, -0.2) is 28.5 Å². The number of benzene rings is 3. The molecule has 186 valence electrons. The van der Waals surface area contributed by atoms with E-state index in [1.807, 2.05) is 20.8 Å². The highest BCUT2D eigenvalue weighted by molar-refractivity contribution is 6.52. The molecular weight excluding hydrogens is 501 g/mol. The maximum absolute atomic E-state index is 13.4. The van der Waals surface area contributed by atoms with Gasteiger partial charge in [0, 0.05) is 16.3 Å². The quantitative estimate of drug-likeness (QED) is 0.209. The van der Waals surface area contributed by atoms with Crippen molar-refractivity contribution in [3.8, 4) is 11.5 Å². The first-order valence-electron chi connectivity index (χ1n) is 11.5. The molecule has 1 saturated heterocycles. The van der Waals surface area contributed by atoms with Crippen LogP contribution in [0.2, 0.25) is 10.0 Å². The first-order chi connectivity index (χ1) is 17.1. The summed E-state index contributed by atoms with van der Waals surface area (Å²) in [4.78, 5) is 27.9. The summed E-state index contributed by atoms with van der Waals surface area (Å²) in [5.41, 5.74) is 1.96. The van der Waals surface area contributed by atoms with E-state index in [1.165, 1.54) is 17.0 Å². The lowest BCUT2D eigenvalue weighted by atomic mass is 9.93. The standard InChI is InChI=1S/C28H25Cl2NO5/c1-4-36-23-11-9-17(12-20(23)15(2)3)26(33)24-25(16-8-10-22(32)21(30)13-16)31(28(35)27(24)34)19-7-5-6-18(29)14-19/h5-15,25,32-33H,4H2,1-3H3/b26-24-. The predicted octanol–water partition coefficient (Wildman–Crippen LogP) is 6.85. The number of ether oxygens (including phenoxy) is 1. The average molecular weight is 526 g/mol. The van der Waals surface area contributed by atoms with Gasteiger partial charge in [0.25, 0.3) is 11.7 Å². The van der Waals surface area contributed by atoms with Gasteiger partial charge in [0.1, 0.15) is 17.3 Å². The Kier molecular flexibility index (Phi) is 7.29. The fourth-order valence-electron chi connectivity index (χ4n) is 4.32. The third-order valence-electron chi connectivity index (χ3n) is 6.02. The first kappa shape index (κ1) is 25.6. The number of phenols is 1. The molecule has 3 aromatic rings. The second kappa shape index (κ2) is 10.2. The SMILES string of the molecule is CCOc1ccc(/C(O)=C2/C(=O)C(=O)N(c3cccc(Cl)c3)C2c2ccc(O)c(Cl)c2)cc1C(C)C. The monoisotopic (exact) mass is 525 g/mol. The van der Waals surface area contributed by atoms with Gasteiger partial charge in [-0.05, 0) is 72.5 Å². The molecular formula is C28H25Cl2NO5. The minimum absolute atomic E-state index is 0.0485. The fraction of sp³-hybridized carbons (Fsp3) is 0.214. The van der Waals surface area contributed by atoms with Crippen molar-refractivity contribution in [2.24, 2.45) is 0 Å².